The number of primary amides is 1. The molecule has 3 aromatic rings. The molecule has 0 aliphatic carbocycles. The summed E-state index contributed by atoms with van der Waals surface area (Å²) in [5.41, 5.74) is 6.87. The van der Waals surface area contributed by atoms with Gasteiger partial charge in [-0.3, -0.25) is 0 Å². The van der Waals surface area contributed by atoms with E-state index in [2.05, 4.69) is 19.7 Å². The summed E-state index contributed by atoms with van der Waals surface area (Å²) < 4.78 is 15.2. The van der Waals surface area contributed by atoms with Crippen LogP contribution >= 0.6 is 12.8 Å². The molecule has 0 aliphatic rings. The first kappa shape index (κ1) is 20.7. The summed E-state index contributed by atoms with van der Waals surface area (Å²) >= 11 is 4.09. The molecule has 152 valence electrons. The van der Waals surface area contributed by atoms with E-state index in [1.165, 1.54) is 0 Å². The molecule has 1 atom stereocenters. The van der Waals surface area contributed by atoms with Gasteiger partial charge >= 0.3 is 6.03 Å². The van der Waals surface area contributed by atoms with Crippen molar-refractivity contribution in [3.63, 3.8) is 0 Å². The Morgan fingerprint density at radius 2 is 1.76 bits per heavy atom. The molecule has 7 heteroatoms. The fourth-order valence-electron chi connectivity index (χ4n) is 2.84. The normalized spacial score (nSPS) is 11.7. The molecule has 2 aromatic carbocycles. The second-order valence-corrected chi connectivity index (χ2v) is 6.94. The zero-order valence-electron chi connectivity index (χ0n) is 16.3. The number of urea groups is 1. The van der Waals surface area contributed by atoms with E-state index in [1.807, 2.05) is 59.4 Å². The Morgan fingerprint density at radius 3 is 2.41 bits per heavy atom. The zero-order valence-corrected chi connectivity index (χ0v) is 17.2. The molecular weight excluding hydrogens is 386 g/mol. The van der Waals surface area contributed by atoms with Crippen LogP contribution in [-0.2, 0) is 0 Å². The van der Waals surface area contributed by atoms with Gasteiger partial charge in [-0.25, -0.2) is 9.10 Å². The number of hydrogen-bond acceptors (Lipinski definition) is 4. The number of ether oxygens (including phenoxy) is 2. The summed E-state index contributed by atoms with van der Waals surface area (Å²) in [6.07, 6.45) is 6.26. The Kier molecular flexibility index (Phi) is 7.08. The van der Waals surface area contributed by atoms with Gasteiger partial charge in [0.15, 0.2) is 0 Å². The van der Waals surface area contributed by atoms with Gasteiger partial charge < -0.3 is 19.8 Å². The van der Waals surface area contributed by atoms with Gasteiger partial charge in [-0.15, -0.1) is 0 Å². The van der Waals surface area contributed by atoms with E-state index in [4.69, 9.17) is 15.2 Å². The van der Waals surface area contributed by atoms with Crippen LogP contribution in [0.15, 0.2) is 73.1 Å². The summed E-state index contributed by atoms with van der Waals surface area (Å²) in [6.45, 7) is 2.12. The van der Waals surface area contributed by atoms with Crippen molar-refractivity contribution < 1.29 is 14.3 Å². The summed E-state index contributed by atoms with van der Waals surface area (Å²) in [5, 5.41) is 0. The first-order valence-corrected chi connectivity index (χ1v) is 9.92. The third-order valence-electron chi connectivity index (χ3n) is 4.34. The molecule has 3 rings (SSSR count). The van der Waals surface area contributed by atoms with Crippen molar-refractivity contribution in [3.8, 4) is 17.2 Å². The van der Waals surface area contributed by atoms with Crippen LogP contribution in [0.4, 0.5) is 10.5 Å². The van der Waals surface area contributed by atoms with Crippen LogP contribution in [0, 0.1) is 0 Å². The van der Waals surface area contributed by atoms with Crippen LogP contribution in [0.5, 0.6) is 11.5 Å². The molecule has 0 spiro atoms. The molecule has 0 saturated heterocycles. The summed E-state index contributed by atoms with van der Waals surface area (Å²) in [6, 6.07) is 18.2. The molecule has 6 nitrogen and oxygen atoms in total. The molecule has 0 fully saturated rings. The minimum absolute atomic E-state index is 0.454. The number of aromatic nitrogens is 1. The van der Waals surface area contributed by atoms with Crippen molar-refractivity contribution in [1.82, 2.24) is 4.57 Å². The quantitative estimate of drug-likeness (QED) is 0.376. The maximum absolute atomic E-state index is 11.3. The van der Waals surface area contributed by atoms with Gasteiger partial charge in [0.2, 0.25) is 6.29 Å². The van der Waals surface area contributed by atoms with Gasteiger partial charge in [0.1, 0.15) is 11.5 Å². The fourth-order valence-corrected chi connectivity index (χ4v) is 2.96. The molecule has 29 heavy (non-hydrogen) atoms. The second-order valence-electron chi connectivity index (χ2n) is 6.54. The highest BCUT2D eigenvalue weighted by Gasteiger charge is 2.14. The van der Waals surface area contributed by atoms with Crippen molar-refractivity contribution in [2.45, 2.75) is 32.5 Å². The van der Waals surface area contributed by atoms with Gasteiger partial charge in [0.25, 0.3) is 0 Å². The first-order chi connectivity index (χ1) is 14.1. The third kappa shape index (κ3) is 5.71. The van der Waals surface area contributed by atoms with Crippen molar-refractivity contribution in [2.24, 2.45) is 5.73 Å². The lowest BCUT2D eigenvalue weighted by Gasteiger charge is -2.22. The maximum Gasteiger partial charge on any atom is 0.329 e. The molecule has 1 unspecified atom stereocenters. The predicted molar refractivity (Wildman–Crippen MR) is 118 cm³/mol. The standard InChI is InChI=1S/C22H25N3O3S/c1-2-3-9-21(28-20-8-6-7-18(16-20)25(29)22(23)26)27-19-12-10-17(11-13-19)24-14-4-5-15-24/h4-8,10-16,21,29H,2-3,9H2,1H3,(H2,23,26). The smallest absolute Gasteiger partial charge is 0.329 e. The highest BCUT2D eigenvalue weighted by atomic mass is 32.1. The number of carbonyl (C=O) groups is 1. The Hall–Kier alpha value is -3.06. The lowest BCUT2D eigenvalue weighted by Crippen LogP contribution is -2.27. The number of nitrogens with zero attached hydrogens (tertiary/aromatic N) is 2. The van der Waals surface area contributed by atoms with Gasteiger partial charge in [0.05, 0.1) is 5.69 Å². The van der Waals surface area contributed by atoms with Crippen molar-refractivity contribution >= 4 is 24.5 Å². The Labute approximate surface area is 176 Å². The van der Waals surface area contributed by atoms with Gasteiger partial charge in [0, 0.05) is 30.6 Å². The number of hydrogen-bond donors (Lipinski definition) is 2. The minimum atomic E-state index is -0.660. The number of nitrogens with two attached hydrogens (primary N) is 1. The van der Waals surface area contributed by atoms with Crippen molar-refractivity contribution in [3.05, 3.63) is 73.1 Å². The van der Waals surface area contributed by atoms with Crippen LogP contribution in [0.2, 0.25) is 0 Å². The van der Waals surface area contributed by atoms with Crippen molar-refractivity contribution in [1.29, 1.82) is 0 Å². The number of benzene rings is 2. The van der Waals surface area contributed by atoms with E-state index in [0.29, 0.717) is 11.4 Å². The van der Waals surface area contributed by atoms with E-state index in [1.54, 1.807) is 18.2 Å². The molecule has 0 aliphatic heterocycles. The second kappa shape index (κ2) is 9.93. The highest BCUT2D eigenvalue weighted by molar-refractivity contribution is 7.82. The van der Waals surface area contributed by atoms with Crippen LogP contribution in [0.1, 0.15) is 26.2 Å². The largest absolute Gasteiger partial charge is 0.455 e. The first-order valence-electron chi connectivity index (χ1n) is 9.52. The lowest BCUT2D eigenvalue weighted by molar-refractivity contribution is -0.00207. The molecule has 2 amide bonds. The van der Waals surface area contributed by atoms with Crippen LogP contribution in [0.3, 0.4) is 0 Å². The Bertz CT molecular complexity index is 913. The summed E-state index contributed by atoms with van der Waals surface area (Å²) in [4.78, 5) is 11.3. The fraction of sp³-hybridized carbons (Fsp3) is 0.227. The lowest BCUT2D eigenvalue weighted by atomic mass is 10.2. The van der Waals surface area contributed by atoms with E-state index in [-0.39, 0.29) is 0 Å². The molecule has 0 radical (unpaired) electrons. The molecule has 1 heterocycles. The molecule has 0 saturated carbocycles. The Balaban J connectivity index is 1.71. The van der Waals surface area contributed by atoms with Crippen molar-refractivity contribution in [2.75, 3.05) is 4.31 Å². The topological polar surface area (TPSA) is 69.7 Å². The number of unbranched alkanes of at least 4 members (excludes halogenated alkanes) is 1. The Morgan fingerprint density at radius 1 is 1.07 bits per heavy atom. The zero-order chi connectivity index (χ0) is 20.6. The predicted octanol–water partition coefficient (Wildman–Crippen LogP) is 5.18. The minimum Gasteiger partial charge on any atom is -0.455 e. The monoisotopic (exact) mass is 411 g/mol. The SMILES string of the molecule is CCCCC(Oc1ccc(-n2cccc2)cc1)Oc1cccc(N(S)C(N)=O)c1. The number of thiol groups is 1. The average Bonchev–Trinajstić information content (AvgIpc) is 3.27. The molecular formula is C22H25N3O3S. The van der Waals surface area contributed by atoms with Crippen LogP contribution < -0.4 is 19.5 Å². The van der Waals surface area contributed by atoms with Gasteiger partial charge in [-0.2, -0.15) is 0 Å². The van der Waals surface area contributed by atoms with E-state index in [9.17, 15) is 4.79 Å². The number of amides is 2. The van der Waals surface area contributed by atoms with Gasteiger partial charge in [-0.05, 0) is 55.0 Å². The number of rotatable bonds is 9. The van der Waals surface area contributed by atoms with E-state index < -0.39 is 12.3 Å². The van der Waals surface area contributed by atoms with E-state index in [0.717, 1.165) is 35.0 Å². The highest BCUT2D eigenvalue weighted by Crippen LogP contribution is 2.25. The molecule has 2 N–H and O–H groups in total. The number of anilines is 1. The summed E-state index contributed by atoms with van der Waals surface area (Å²) in [7, 11) is 0. The number of carbonyl (C=O) groups excluding carboxylic acids is 1. The molecule has 0 bridgehead atoms. The van der Waals surface area contributed by atoms with Gasteiger partial charge in [-0.1, -0.05) is 32.2 Å². The van der Waals surface area contributed by atoms with Crippen LogP contribution in [-0.4, -0.2) is 16.9 Å². The van der Waals surface area contributed by atoms with Crippen LogP contribution in [0.25, 0.3) is 5.69 Å². The molecule has 1 aromatic heterocycles. The van der Waals surface area contributed by atoms with E-state index >= 15 is 0 Å². The summed E-state index contributed by atoms with van der Waals surface area (Å²) in [5.74, 6) is 1.30. The average molecular weight is 412 g/mol. The third-order valence-corrected chi connectivity index (χ3v) is 4.77. The maximum atomic E-state index is 11.3.